The van der Waals surface area contributed by atoms with Crippen LogP contribution in [0, 0.1) is 11.8 Å². The summed E-state index contributed by atoms with van der Waals surface area (Å²) in [5, 5.41) is 0. The molecule has 3 heteroatoms. The third-order valence-electron chi connectivity index (χ3n) is 4.90. The van der Waals surface area contributed by atoms with Gasteiger partial charge in [-0.2, -0.15) is 0 Å². The molecule has 1 aliphatic heterocycles. The van der Waals surface area contributed by atoms with Gasteiger partial charge in [0.25, 0.3) is 0 Å². The number of esters is 1. The Bertz CT molecular complexity index is 472. The van der Waals surface area contributed by atoms with E-state index in [1.165, 1.54) is 19.1 Å². The van der Waals surface area contributed by atoms with E-state index in [0.717, 1.165) is 19.4 Å². The Kier molecular flexibility index (Phi) is 6.01. The zero-order valence-corrected chi connectivity index (χ0v) is 14.3. The molecule has 0 radical (unpaired) electrons. The molecule has 3 nitrogen and oxygen atoms in total. The molecule has 0 amide bonds. The van der Waals surface area contributed by atoms with Crippen LogP contribution in [0.5, 0.6) is 0 Å². The first kappa shape index (κ1) is 17.0. The molecule has 0 bridgehead atoms. The second kappa shape index (κ2) is 7.77. The summed E-state index contributed by atoms with van der Waals surface area (Å²) in [6.45, 7) is 7.65. The first-order valence-electron chi connectivity index (χ1n) is 8.43. The number of rotatable bonds is 6. The first-order chi connectivity index (χ1) is 10.5. The lowest BCUT2D eigenvalue weighted by Gasteiger charge is -2.31. The summed E-state index contributed by atoms with van der Waals surface area (Å²) in [6.07, 6.45) is 3.37. The van der Waals surface area contributed by atoms with E-state index in [1.807, 2.05) is 6.07 Å². The van der Waals surface area contributed by atoms with Gasteiger partial charge in [0.15, 0.2) is 0 Å². The van der Waals surface area contributed by atoms with Crippen molar-refractivity contribution in [2.24, 2.45) is 11.8 Å². The van der Waals surface area contributed by atoms with E-state index in [0.29, 0.717) is 11.8 Å². The minimum absolute atomic E-state index is 0.0750. The highest BCUT2D eigenvalue weighted by Crippen LogP contribution is 2.36. The van der Waals surface area contributed by atoms with Gasteiger partial charge in [0.1, 0.15) is 6.04 Å². The Balaban J connectivity index is 2.14. The van der Waals surface area contributed by atoms with Crippen molar-refractivity contribution in [1.29, 1.82) is 0 Å². The van der Waals surface area contributed by atoms with Crippen molar-refractivity contribution in [3.63, 3.8) is 0 Å². The number of carbonyl (C=O) groups excluding carboxylic acids is 1. The SMILES string of the molecule is COC(=O)[C@@H]1[C@H](CCC(C)C)CCN1[C@@H](C)c1ccccc1. The predicted octanol–water partition coefficient (Wildman–Crippen LogP) is 4.05. The number of benzene rings is 1. The van der Waals surface area contributed by atoms with E-state index >= 15 is 0 Å². The van der Waals surface area contributed by atoms with Crippen LogP contribution in [0.2, 0.25) is 0 Å². The molecule has 0 saturated carbocycles. The smallest absolute Gasteiger partial charge is 0.323 e. The van der Waals surface area contributed by atoms with Gasteiger partial charge in [0, 0.05) is 6.04 Å². The van der Waals surface area contributed by atoms with E-state index in [9.17, 15) is 4.79 Å². The zero-order chi connectivity index (χ0) is 16.1. The maximum atomic E-state index is 12.4. The second-order valence-electron chi connectivity index (χ2n) is 6.81. The van der Waals surface area contributed by atoms with E-state index < -0.39 is 0 Å². The van der Waals surface area contributed by atoms with E-state index in [-0.39, 0.29) is 18.1 Å². The minimum Gasteiger partial charge on any atom is -0.468 e. The lowest BCUT2D eigenvalue weighted by Crippen LogP contribution is -2.41. The summed E-state index contributed by atoms with van der Waals surface area (Å²) in [4.78, 5) is 14.7. The van der Waals surface area contributed by atoms with Crippen molar-refractivity contribution in [1.82, 2.24) is 4.90 Å². The molecule has 1 aliphatic rings. The minimum atomic E-state index is -0.0982. The fourth-order valence-electron chi connectivity index (χ4n) is 3.54. The summed E-state index contributed by atoms with van der Waals surface area (Å²) in [7, 11) is 1.51. The summed E-state index contributed by atoms with van der Waals surface area (Å²) < 4.78 is 5.11. The lowest BCUT2D eigenvalue weighted by molar-refractivity contribution is -0.148. The molecule has 122 valence electrons. The van der Waals surface area contributed by atoms with Crippen molar-refractivity contribution in [3.8, 4) is 0 Å². The molecule has 1 fully saturated rings. The highest BCUT2D eigenvalue weighted by atomic mass is 16.5. The zero-order valence-electron chi connectivity index (χ0n) is 14.3. The first-order valence-corrected chi connectivity index (χ1v) is 8.43. The van der Waals surface area contributed by atoms with Crippen LogP contribution < -0.4 is 0 Å². The van der Waals surface area contributed by atoms with Gasteiger partial charge in [-0.25, -0.2) is 0 Å². The Morgan fingerprint density at radius 1 is 1.27 bits per heavy atom. The lowest BCUT2D eigenvalue weighted by atomic mass is 9.91. The summed E-state index contributed by atoms with van der Waals surface area (Å²) in [5.74, 6) is 1.02. The highest BCUT2D eigenvalue weighted by molar-refractivity contribution is 5.76. The van der Waals surface area contributed by atoms with Crippen LogP contribution in [0.15, 0.2) is 30.3 Å². The molecule has 1 aromatic rings. The van der Waals surface area contributed by atoms with Gasteiger partial charge in [-0.05, 0) is 43.7 Å². The molecule has 0 N–H and O–H groups in total. The fourth-order valence-corrected chi connectivity index (χ4v) is 3.54. The highest BCUT2D eigenvalue weighted by Gasteiger charge is 2.41. The van der Waals surface area contributed by atoms with Gasteiger partial charge in [0.05, 0.1) is 7.11 Å². The molecule has 1 heterocycles. The molecule has 1 saturated heterocycles. The fraction of sp³-hybridized carbons (Fsp3) is 0.632. The normalized spacial score (nSPS) is 23.7. The summed E-state index contributed by atoms with van der Waals surface area (Å²) in [5.41, 5.74) is 1.26. The Morgan fingerprint density at radius 2 is 1.95 bits per heavy atom. The quantitative estimate of drug-likeness (QED) is 0.743. The van der Waals surface area contributed by atoms with Gasteiger partial charge >= 0.3 is 5.97 Å². The third kappa shape index (κ3) is 3.89. The summed E-state index contributed by atoms with van der Waals surface area (Å²) in [6, 6.07) is 10.6. The average Bonchev–Trinajstić information content (AvgIpc) is 2.96. The second-order valence-corrected chi connectivity index (χ2v) is 6.81. The van der Waals surface area contributed by atoms with Crippen LogP contribution in [-0.2, 0) is 9.53 Å². The Labute approximate surface area is 134 Å². The van der Waals surface area contributed by atoms with Crippen molar-refractivity contribution in [2.45, 2.75) is 52.1 Å². The van der Waals surface area contributed by atoms with Crippen LogP contribution in [0.4, 0.5) is 0 Å². The number of carbonyl (C=O) groups is 1. The van der Waals surface area contributed by atoms with Gasteiger partial charge in [0.2, 0.25) is 0 Å². The van der Waals surface area contributed by atoms with Crippen LogP contribution in [0.1, 0.15) is 51.6 Å². The van der Waals surface area contributed by atoms with Crippen molar-refractivity contribution < 1.29 is 9.53 Å². The standard InChI is InChI=1S/C19H29NO2/c1-14(2)10-11-17-12-13-20(18(17)19(21)22-4)15(3)16-8-6-5-7-9-16/h5-9,14-15,17-18H,10-13H2,1-4H3/t15-,17+,18-/m0/s1. The Hall–Kier alpha value is -1.35. The number of hydrogen-bond acceptors (Lipinski definition) is 3. The molecule has 22 heavy (non-hydrogen) atoms. The van der Waals surface area contributed by atoms with Gasteiger partial charge in [-0.15, -0.1) is 0 Å². The van der Waals surface area contributed by atoms with E-state index in [4.69, 9.17) is 4.74 Å². The van der Waals surface area contributed by atoms with Crippen LogP contribution in [-0.4, -0.2) is 30.6 Å². The largest absolute Gasteiger partial charge is 0.468 e. The van der Waals surface area contributed by atoms with Gasteiger partial charge in [-0.3, -0.25) is 9.69 Å². The van der Waals surface area contributed by atoms with Crippen LogP contribution in [0.25, 0.3) is 0 Å². The van der Waals surface area contributed by atoms with Crippen molar-refractivity contribution >= 4 is 5.97 Å². The number of methoxy groups -OCH3 is 1. The molecule has 0 unspecified atom stereocenters. The maximum Gasteiger partial charge on any atom is 0.323 e. The number of ether oxygens (including phenoxy) is 1. The number of nitrogens with zero attached hydrogens (tertiary/aromatic N) is 1. The van der Waals surface area contributed by atoms with Gasteiger partial charge in [-0.1, -0.05) is 50.6 Å². The molecule has 0 aliphatic carbocycles. The molecular weight excluding hydrogens is 274 g/mol. The molecule has 1 aromatic carbocycles. The van der Waals surface area contributed by atoms with Crippen molar-refractivity contribution in [3.05, 3.63) is 35.9 Å². The monoisotopic (exact) mass is 303 g/mol. The molecule has 0 spiro atoms. The topological polar surface area (TPSA) is 29.5 Å². The van der Waals surface area contributed by atoms with Crippen molar-refractivity contribution in [2.75, 3.05) is 13.7 Å². The van der Waals surface area contributed by atoms with E-state index in [1.54, 1.807) is 0 Å². The number of hydrogen-bond donors (Lipinski definition) is 0. The predicted molar refractivity (Wildman–Crippen MR) is 89.5 cm³/mol. The maximum absolute atomic E-state index is 12.4. The van der Waals surface area contributed by atoms with Crippen LogP contribution >= 0.6 is 0 Å². The average molecular weight is 303 g/mol. The molecule has 2 rings (SSSR count). The third-order valence-corrected chi connectivity index (χ3v) is 4.90. The molecule has 3 atom stereocenters. The number of likely N-dealkylation sites (tertiary alicyclic amines) is 1. The molecule has 0 aromatic heterocycles. The molecular formula is C19H29NO2. The van der Waals surface area contributed by atoms with Crippen LogP contribution in [0.3, 0.4) is 0 Å². The van der Waals surface area contributed by atoms with Gasteiger partial charge < -0.3 is 4.74 Å². The summed E-state index contributed by atoms with van der Waals surface area (Å²) >= 11 is 0. The van der Waals surface area contributed by atoms with E-state index in [2.05, 4.69) is 49.9 Å². The Morgan fingerprint density at radius 3 is 2.55 bits per heavy atom.